The van der Waals surface area contributed by atoms with E-state index in [1.165, 1.54) is 0 Å². The number of ether oxygens (including phenoxy) is 1. The van der Waals surface area contributed by atoms with Crippen molar-refractivity contribution in [2.75, 3.05) is 66.5 Å². The molecule has 0 bridgehead atoms. The highest BCUT2D eigenvalue weighted by molar-refractivity contribution is 5.46. The van der Waals surface area contributed by atoms with Crippen molar-refractivity contribution in [3.63, 3.8) is 0 Å². The van der Waals surface area contributed by atoms with Crippen molar-refractivity contribution in [3.8, 4) is 0 Å². The largest absolute Gasteiger partial charge is 0.379 e. The number of carbonyl (C=O) groups excluding carboxylic acids is 1. The lowest BCUT2D eigenvalue weighted by atomic mass is 10.2. The summed E-state index contributed by atoms with van der Waals surface area (Å²) in [6, 6.07) is 0. The van der Waals surface area contributed by atoms with E-state index in [-0.39, 0.29) is 5.60 Å². The first-order valence-corrected chi connectivity index (χ1v) is 8.28. The van der Waals surface area contributed by atoms with E-state index in [2.05, 4.69) is 22.0 Å². The Kier molecular flexibility index (Phi) is 8.31. The fourth-order valence-corrected chi connectivity index (χ4v) is 2.39. The van der Waals surface area contributed by atoms with Gasteiger partial charge in [0.2, 0.25) is 6.41 Å². The Labute approximate surface area is 135 Å². The number of hydrogen-bond acceptors (Lipinski definition) is 5. The van der Waals surface area contributed by atoms with E-state index in [1.54, 1.807) is 7.11 Å². The molecule has 0 aromatic rings. The summed E-state index contributed by atoms with van der Waals surface area (Å²) in [6.45, 7) is 14.5. The number of methoxy groups -OCH3 is 1. The van der Waals surface area contributed by atoms with Crippen LogP contribution < -0.4 is 0 Å². The predicted octanol–water partition coefficient (Wildman–Crippen LogP) is 0.744. The minimum atomic E-state index is 0.0417. The average Bonchev–Trinajstić information content (AvgIpc) is 2.73. The second-order valence-corrected chi connectivity index (χ2v) is 7.02. The molecule has 0 spiro atoms. The topological polar surface area (TPSA) is 39.3 Å². The molecule has 2 aliphatic heterocycles. The van der Waals surface area contributed by atoms with Gasteiger partial charge in [-0.1, -0.05) is 0 Å². The number of nitrogens with zero attached hydrogens (tertiary/aromatic N) is 4. The molecule has 1 amide bonds. The van der Waals surface area contributed by atoms with Crippen LogP contribution in [0.2, 0.25) is 0 Å². The summed E-state index contributed by atoms with van der Waals surface area (Å²) in [4.78, 5) is 15.0. The average molecular weight is 314 g/mol. The maximum Gasteiger partial charge on any atom is 0.209 e. The summed E-state index contributed by atoms with van der Waals surface area (Å²) in [5.41, 5.74) is 0.0417. The zero-order valence-electron chi connectivity index (χ0n) is 15.0. The summed E-state index contributed by atoms with van der Waals surface area (Å²) in [5.74, 6) is 0. The summed E-state index contributed by atoms with van der Waals surface area (Å²) >= 11 is 0. The van der Waals surface area contributed by atoms with Crippen LogP contribution in [0, 0.1) is 0 Å². The minimum absolute atomic E-state index is 0.0417. The van der Waals surface area contributed by atoms with E-state index in [1.807, 2.05) is 25.7 Å². The van der Waals surface area contributed by atoms with E-state index >= 15 is 0 Å². The Hall–Kier alpha value is -0.690. The third-order valence-corrected chi connectivity index (χ3v) is 4.15. The van der Waals surface area contributed by atoms with Gasteiger partial charge in [-0.15, -0.1) is 0 Å². The molecule has 0 aromatic carbocycles. The molecule has 6 heteroatoms. The minimum Gasteiger partial charge on any atom is -0.379 e. The Morgan fingerprint density at radius 2 is 1.36 bits per heavy atom. The molecule has 2 fully saturated rings. The molecule has 2 saturated heterocycles. The molecule has 2 rings (SSSR count). The summed E-state index contributed by atoms with van der Waals surface area (Å²) in [7, 11) is 3.88. The molecule has 0 unspecified atom stereocenters. The molecule has 0 N–H and O–H groups in total. The Bertz CT molecular complexity index is 312. The van der Waals surface area contributed by atoms with Gasteiger partial charge in [0, 0.05) is 59.5 Å². The SMILES string of the molecule is CN1CCN(N2CCCN(C=O)CC2)CC1.COC(C)(C)C. The quantitative estimate of drug-likeness (QED) is 0.703. The van der Waals surface area contributed by atoms with Gasteiger partial charge in [-0.2, -0.15) is 0 Å². The van der Waals surface area contributed by atoms with Gasteiger partial charge >= 0.3 is 0 Å². The van der Waals surface area contributed by atoms with Crippen molar-refractivity contribution in [1.29, 1.82) is 0 Å². The molecular formula is C16H34N4O2. The maximum atomic E-state index is 10.7. The van der Waals surface area contributed by atoms with Crippen molar-refractivity contribution in [2.45, 2.75) is 32.8 Å². The number of rotatable bonds is 2. The van der Waals surface area contributed by atoms with Gasteiger partial charge in [-0.25, -0.2) is 10.0 Å². The van der Waals surface area contributed by atoms with Gasteiger partial charge in [0.15, 0.2) is 0 Å². The zero-order valence-corrected chi connectivity index (χ0v) is 15.0. The van der Waals surface area contributed by atoms with Crippen LogP contribution >= 0.6 is 0 Å². The number of piperazine rings is 1. The van der Waals surface area contributed by atoms with Crippen molar-refractivity contribution < 1.29 is 9.53 Å². The van der Waals surface area contributed by atoms with Crippen LogP contribution in [-0.4, -0.2) is 98.3 Å². The summed E-state index contributed by atoms with van der Waals surface area (Å²) in [5, 5.41) is 4.88. The molecule has 6 nitrogen and oxygen atoms in total. The second-order valence-electron chi connectivity index (χ2n) is 7.02. The lowest BCUT2D eigenvalue weighted by Crippen LogP contribution is -2.53. The van der Waals surface area contributed by atoms with Crippen LogP contribution in [0.1, 0.15) is 27.2 Å². The standard InChI is InChI=1S/C11H22N4O.C5H12O/c1-12-5-8-15(9-6-12)14-4-2-3-13(11-16)7-10-14;1-5(2,3)6-4/h11H,2-10H2,1H3;1-4H3. The van der Waals surface area contributed by atoms with Crippen LogP contribution in [0.4, 0.5) is 0 Å². The molecule has 2 heterocycles. The van der Waals surface area contributed by atoms with Gasteiger partial charge < -0.3 is 14.5 Å². The molecule has 0 atom stereocenters. The van der Waals surface area contributed by atoms with Crippen LogP contribution in [0.5, 0.6) is 0 Å². The van der Waals surface area contributed by atoms with Crippen molar-refractivity contribution in [2.24, 2.45) is 0 Å². The molecule has 2 aliphatic rings. The number of carbonyl (C=O) groups is 1. The Balaban J connectivity index is 0.000000346. The van der Waals surface area contributed by atoms with E-state index in [0.717, 1.165) is 65.2 Å². The first-order chi connectivity index (χ1) is 10.4. The number of amides is 1. The number of hydrazine groups is 1. The summed E-state index contributed by atoms with van der Waals surface area (Å²) < 4.78 is 4.94. The van der Waals surface area contributed by atoms with E-state index < -0.39 is 0 Å². The smallest absolute Gasteiger partial charge is 0.209 e. The lowest BCUT2D eigenvalue weighted by Gasteiger charge is -2.39. The normalized spacial score (nSPS) is 22.7. The van der Waals surface area contributed by atoms with Gasteiger partial charge in [0.25, 0.3) is 0 Å². The van der Waals surface area contributed by atoms with E-state index in [9.17, 15) is 4.79 Å². The summed E-state index contributed by atoms with van der Waals surface area (Å²) in [6.07, 6.45) is 2.07. The number of likely N-dealkylation sites (N-methyl/N-ethyl adjacent to an activating group) is 1. The highest BCUT2D eigenvalue weighted by Crippen LogP contribution is 2.08. The number of hydrogen-bond donors (Lipinski definition) is 0. The molecule has 130 valence electrons. The van der Waals surface area contributed by atoms with Crippen molar-refractivity contribution in [3.05, 3.63) is 0 Å². The zero-order chi connectivity index (χ0) is 16.6. The Morgan fingerprint density at radius 3 is 1.86 bits per heavy atom. The van der Waals surface area contributed by atoms with Crippen LogP contribution in [0.15, 0.2) is 0 Å². The van der Waals surface area contributed by atoms with Crippen LogP contribution in [0.3, 0.4) is 0 Å². The predicted molar refractivity (Wildman–Crippen MR) is 89.7 cm³/mol. The molecule has 0 aliphatic carbocycles. The van der Waals surface area contributed by atoms with Crippen molar-refractivity contribution >= 4 is 6.41 Å². The van der Waals surface area contributed by atoms with Gasteiger partial charge in [-0.3, -0.25) is 4.79 Å². The van der Waals surface area contributed by atoms with Gasteiger partial charge in [-0.05, 0) is 34.2 Å². The third kappa shape index (κ3) is 7.54. The van der Waals surface area contributed by atoms with Crippen LogP contribution in [0.25, 0.3) is 0 Å². The second kappa shape index (κ2) is 9.45. The lowest BCUT2D eigenvalue weighted by molar-refractivity contribution is -0.118. The van der Waals surface area contributed by atoms with Crippen molar-refractivity contribution in [1.82, 2.24) is 19.8 Å². The van der Waals surface area contributed by atoms with Crippen LogP contribution in [-0.2, 0) is 9.53 Å². The van der Waals surface area contributed by atoms with Gasteiger partial charge in [0.1, 0.15) is 0 Å². The van der Waals surface area contributed by atoms with Gasteiger partial charge in [0.05, 0.1) is 5.60 Å². The molecular weight excluding hydrogens is 280 g/mol. The highest BCUT2D eigenvalue weighted by atomic mass is 16.5. The Morgan fingerprint density at radius 1 is 0.864 bits per heavy atom. The van der Waals surface area contributed by atoms with E-state index in [4.69, 9.17) is 4.74 Å². The molecule has 22 heavy (non-hydrogen) atoms. The maximum absolute atomic E-state index is 10.7. The fourth-order valence-electron chi connectivity index (χ4n) is 2.39. The first kappa shape index (κ1) is 19.4. The van der Waals surface area contributed by atoms with E-state index in [0.29, 0.717) is 0 Å². The fraction of sp³-hybridized carbons (Fsp3) is 0.938. The third-order valence-electron chi connectivity index (χ3n) is 4.15. The first-order valence-electron chi connectivity index (χ1n) is 8.28. The monoisotopic (exact) mass is 314 g/mol. The molecule has 0 radical (unpaired) electrons. The molecule has 0 saturated carbocycles. The highest BCUT2D eigenvalue weighted by Gasteiger charge is 2.22. The molecule has 0 aromatic heterocycles.